The van der Waals surface area contributed by atoms with E-state index in [1.165, 1.54) is 6.92 Å². The topological polar surface area (TPSA) is 104 Å². The Morgan fingerprint density at radius 2 is 1.53 bits per heavy atom. The Morgan fingerprint density at radius 3 is 2.25 bits per heavy atom. The Labute approximate surface area is 186 Å². The second kappa shape index (κ2) is 10.9. The van der Waals surface area contributed by atoms with Gasteiger partial charge in [-0.25, -0.2) is 0 Å². The van der Waals surface area contributed by atoms with Gasteiger partial charge in [-0.05, 0) is 35.4 Å². The zero-order chi connectivity index (χ0) is 22.9. The van der Waals surface area contributed by atoms with E-state index in [0.29, 0.717) is 11.8 Å². The van der Waals surface area contributed by atoms with Crippen LogP contribution in [0.5, 0.6) is 0 Å². The van der Waals surface area contributed by atoms with Gasteiger partial charge in [-0.1, -0.05) is 60.7 Å². The third-order valence-corrected chi connectivity index (χ3v) is 5.02. The van der Waals surface area contributed by atoms with Crippen LogP contribution in [0.4, 0.5) is 0 Å². The zero-order valence-corrected chi connectivity index (χ0v) is 17.7. The number of benzene rings is 3. The van der Waals surface area contributed by atoms with Crippen molar-refractivity contribution in [1.82, 2.24) is 16.0 Å². The lowest BCUT2D eigenvalue weighted by atomic mass is 10.0. The monoisotopic (exact) mass is 431 g/mol. The summed E-state index contributed by atoms with van der Waals surface area (Å²) in [6.45, 7) is 1.38. The van der Waals surface area contributed by atoms with Gasteiger partial charge in [0.2, 0.25) is 11.8 Å². The fraction of sp³-hybridized carbons (Fsp3) is 0.200. The second-order valence-corrected chi connectivity index (χ2v) is 7.42. The molecular weight excluding hydrogens is 406 g/mol. The number of carbonyl (C=O) groups excluding carboxylic acids is 4. The van der Waals surface area contributed by atoms with Crippen LogP contribution in [0.15, 0.2) is 72.8 Å². The van der Waals surface area contributed by atoms with Crippen LogP contribution in [0.1, 0.15) is 22.8 Å². The quantitative estimate of drug-likeness (QED) is 0.451. The number of rotatable bonds is 9. The Balaban J connectivity index is 1.79. The minimum Gasteiger partial charge on any atom is -0.348 e. The fourth-order valence-corrected chi connectivity index (χ4v) is 3.32. The summed E-state index contributed by atoms with van der Waals surface area (Å²) in [6.07, 6.45) is 0.812. The van der Waals surface area contributed by atoms with Gasteiger partial charge in [0.1, 0.15) is 18.4 Å². The molecule has 0 unspecified atom stereocenters. The molecule has 0 aliphatic carbocycles. The number of hydrogen-bond donors (Lipinski definition) is 3. The minimum atomic E-state index is -0.898. The molecule has 0 aliphatic heterocycles. The van der Waals surface area contributed by atoms with Crippen molar-refractivity contribution in [2.45, 2.75) is 25.4 Å². The van der Waals surface area contributed by atoms with Crippen molar-refractivity contribution >= 4 is 34.8 Å². The van der Waals surface area contributed by atoms with E-state index in [0.717, 1.165) is 16.3 Å². The molecule has 3 amide bonds. The Hall–Kier alpha value is -4.00. The van der Waals surface area contributed by atoms with Crippen molar-refractivity contribution in [3.63, 3.8) is 0 Å². The Morgan fingerprint density at radius 1 is 0.844 bits per heavy atom. The van der Waals surface area contributed by atoms with Crippen LogP contribution in [0, 0.1) is 0 Å². The molecule has 0 spiro atoms. The number of fused-ring (bicyclic) bond motifs is 1. The molecule has 0 saturated heterocycles. The minimum absolute atomic E-state index is 0.135. The molecule has 3 rings (SSSR count). The Kier molecular flexibility index (Phi) is 7.70. The van der Waals surface area contributed by atoms with E-state index in [-0.39, 0.29) is 18.9 Å². The summed E-state index contributed by atoms with van der Waals surface area (Å²) in [5.74, 6) is -1.36. The van der Waals surface area contributed by atoms with Crippen molar-refractivity contribution < 1.29 is 19.2 Å². The molecular formula is C25H25N3O4. The van der Waals surface area contributed by atoms with E-state index in [4.69, 9.17) is 0 Å². The van der Waals surface area contributed by atoms with Gasteiger partial charge in [-0.2, -0.15) is 0 Å². The molecule has 3 aromatic rings. The number of aldehydes is 1. The molecule has 0 bridgehead atoms. The summed E-state index contributed by atoms with van der Waals surface area (Å²) in [5, 5.41) is 9.91. The van der Waals surface area contributed by atoms with Gasteiger partial charge in [-0.3, -0.25) is 14.4 Å². The van der Waals surface area contributed by atoms with Gasteiger partial charge in [0.25, 0.3) is 5.91 Å². The normalized spacial score (nSPS) is 12.4. The summed E-state index contributed by atoms with van der Waals surface area (Å²) in [5.41, 5.74) is 1.30. The zero-order valence-electron chi connectivity index (χ0n) is 17.7. The summed E-state index contributed by atoms with van der Waals surface area (Å²) in [7, 11) is 0. The van der Waals surface area contributed by atoms with E-state index in [2.05, 4.69) is 16.0 Å². The summed E-state index contributed by atoms with van der Waals surface area (Å²) < 4.78 is 0. The molecule has 3 aromatic carbocycles. The molecule has 0 radical (unpaired) electrons. The number of nitrogens with one attached hydrogen (secondary N) is 3. The first-order valence-electron chi connectivity index (χ1n) is 10.3. The predicted octanol–water partition coefficient (Wildman–Crippen LogP) is 2.00. The third kappa shape index (κ3) is 6.01. The fourth-order valence-electron chi connectivity index (χ4n) is 3.32. The lowest BCUT2D eigenvalue weighted by molar-refractivity contribution is -0.129. The van der Waals surface area contributed by atoms with Crippen molar-refractivity contribution in [2.24, 2.45) is 0 Å². The highest BCUT2D eigenvalue weighted by molar-refractivity contribution is 5.98. The molecule has 7 nitrogen and oxygen atoms in total. The van der Waals surface area contributed by atoms with Crippen LogP contribution < -0.4 is 16.0 Å². The van der Waals surface area contributed by atoms with E-state index in [9.17, 15) is 19.2 Å². The molecule has 0 heterocycles. The number of amides is 3. The van der Waals surface area contributed by atoms with Gasteiger partial charge < -0.3 is 20.7 Å². The van der Waals surface area contributed by atoms with Crippen molar-refractivity contribution in [3.05, 3.63) is 83.9 Å². The van der Waals surface area contributed by atoms with Crippen LogP contribution in [0.2, 0.25) is 0 Å². The highest BCUT2D eigenvalue weighted by Gasteiger charge is 2.25. The van der Waals surface area contributed by atoms with Crippen LogP contribution >= 0.6 is 0 Å². The maximum absolute atomic E-state index is 13.0. The van der Waals surface area contributed by atoms with Gasteiger partial charge in [0.05, 0.1) is 6.54 Å². The summed E-state index contributed by atoms with van der Waals surface area (Å²) in [4.78, 5) is 48.2. The van der Waals surface area contributed by atoms with Crippen LogP contribution in [-0.2, 0) is 20.8 Å². The average Bonchev–Trinajstić information content (AvgIpc) is 2.82. The van der Waals surface area contributed by atoms with Crippen molar-refractivity contribution in [3.8, 4) is 0 Å². The highest BCUT2D eigenvalue weighted by Crippen LogP contribution is 2.17. The van der Waals surface area contributed by atoms with Gasteiger partial charge in [-0.15, -0.1) is 0 Å². The first-order valence-corrected chi connectivity index (χ1v) is 10.3. The maximum Gasteiger partial charge on any atom is 0.251 e. The maximum atomic E-state index is 13.0. The first kappa shape index (κ1) is 22.7. The highest BCUT2D eigenvalue weighted by atomic mass is 16.2. The van der Waals surface area contributed by atoms with E-state index in [1.54, 1.807) is 30.3 Å². The molecule has 0 aliphatic rings. The van der Waals surface area contributed by atoms with Crippen LogP contribution in [0.25, 0.3) is 10.8 Å². The largest absolute Gasteiger partial charge is 0.348 e. The van der Waals surface area contributed by atoms with Crippen LogP contribution in [0.3, 0.4) is 0 Å². The third-order valence-electron chi connectivity index (χ3n) is 5.02. The molecule has 164 valence electrons. The molecule has 3 N–H and O–H groups in total. The van der Waals surface area contributed by atoms with Gasteiger partial charge >= 0.3 is 0 Å². The molecule has 0 aromatic heterocycles. The summed E-state index contributed by atoms with van der Waals surface area (Å²) >= 11 is 0. The van der Waals surface area contributed by atoms with Gasteiger partial charge in [0, 0.05) is 12.0 Å². The lowest BCUT2D eigenvalue weighted by Crippen LogP contribution is -2.53. The lowest BCUT2D eigenvalue weighted by Gasteiger charge is -2.21. The van der Waals surface area contributed by atoms with Crippen LogP contribution in [-0.4, -0.2) is 42.6 Å². The van der Waals surface area contributed by atoms with Crippen molar-refractivity contribution in [2.75, 3.05) is 6.54 Å². The predicted molar refractivity (Wildman–Crippen MR) is 122 cm³/mol. The first-order chi connectivity index (χ1) is 15.5. The second-order valence-electron chi connectivity index (χ2n) is 7.42. The molecule has 7 heteroatoms. The smallest absolute Gasteiger partial charge is 0.251 e. The number of hydrogen-bond acceptors (Lipinski definition) is 4. The standard InChI is InChI=1S/C25H25N3O4/c1-17(23(30)26-13-14-29)27-25(32)22(28-24(31)20-8-3-2-4-9-20)16-18-11-12-19-7-5-6-10-21(19)15-18/h2-12,14-15,17,22H,13,16H2,1H3,(H,26,30)(H,27,32)(H,28,31)/t17-,22+/m0/s1. The average molecular weight is 431 g/mol. The number of carbonyl (C=O) groups is 4. The molecule has 2 atom stereocenters. The molecule has 0 fully saturated rings. The van der Waals surface area contributed by atoms with E-state index in [1.807, 2.05) is 42.5 Å². The Bertz CT molecular complexity index is 1110. The summed E-state index contributed by atoms with van der Waals surface area (Å²) in [6, 6.07) is 20.6. The van der Waals surface area contributed by atoms with E-state index < -0.39 is 23.9 Å². The van der Waals surface area contributed by atoms with E-state index >= 15 is 0 Å². The molecule has 0 saturated carbocycles. The molecule has 32 heavy (non-hydrogen) atoms. The SMILES string of the molecule is C[C@H](NC(=O)[C@@H](Cc1ccc2ccccc2c1)NC(=O)c1ccccc1)C(=O)NCC=O. The van der Waals surface area contributed by atoms with Gasteiger partial charge in [0.15, 0.2) is 0 Å². The van der Waals surface area contributed by atoms with Crippen molar-refractivity contribution in [1.29, 1.82) is 0 Å².